The number of nitrogens with one attached hydrogen (secondary N) is 1. The molecule has 1 heterocycles. The summed E-state index contributed by atoms with van der Waals surface area (Å²) in [6, 6.07) is 24.0. The van der Waals surface area contributed by atoms with E-state index in [4.69, 9.17) is 37.9 Å². The summed E-state index contributed by atoms with van der Waals surface area (Å²) in [5.41, 5.74) is 5.27. The average Bonchev–Trinajstić information content (AvgIpc) is 3.82. The molecular weight excluding hydrogens is 955 g/mol. The Morgan fingerprint density at radius 2 is 1.15 bits per heavy atom. The smallest absolute Gasteiger partial charge is 0.343 e. The zero-order valence-electron chi connectivity index (χ0n) is 39.3. The molecule has 2 atom stereocenters. The number of carbonyl (C=O) groups is 8. The van der Waals surface area contributed by atoms with Crippen molar-refractivity contribution in [2.24, 2.45) is 5.10 Å². The van der Waals surface area contributed by atoms with Crippen molar-refractivity contribution in [1.29, 1.82) is 0 Å². The number of carbonyl (C=O) groups excluding carboxylic acids is 8. The van der Waals surface area contributed by atoms with Gasteiger partial charge in [-0.2, -0.15) is 5.10 Å². The number of thiazole rings is 1. The number of rotatable bonds is 25. The summed E-state index contributed by atoms with van der Waals surface area (Å²) in [5.74, 6) is -5.20. The standard InChI is InChI=1S/C52H49N3O16S/c1-5-44(56)64-29-39(68-46(58)7-3)31-66-48(60)25-17-33-13-19-35(20-14-33)50(62)70-38-23-24-42(37(27-38)28-53-55-52-54-41-11-9-10-12-43(41)72-52)71-51(63)36-21-15-34(16-22-36)18-26-49(61)67-32-40(69-47(59)8-4)30-65-45(57)6-2/h7,9-28,39-40H,3,5-6,8,29-32H2,1-2,4H3,(H,54,55)/b25-17+,26-18+,53-28+. The number of ether oxygens (including phenoxy) is 8. The molecule has 4 aromatic carbocycles. The molecule has 0 aliphatic rings. The third-order valence-corrected chi connectivity index (χ3v) is 10.4. The first kappa shape index (κ1) is 54.2. The van der Waals surface area contributed by atoms with Gasteiger partial charge in [-0.25, -0.2) is 29.0 Å². The van der Waals surface area contributed by atoms with Gasteiger partial charge < -0.3 is 37.9 Å². The highest BCUT2D eigenvalue weighted by Crippen LogP contribution is 2.27. The molecule has 0 saturated carbocycles. The monoisotopic (exact) mass is 1000 g/mol. The minimum atomic E-state index is -1.05. The first-order chi connectivity index (χ1) is 34.7. The van der Waals surface area contributed by atoms with Gasteiger partial charge in [-0.1, -0.05) is 75.1 Å². The van der Waals surface area contributed by atoms with E-state index in [0.29, 0.717) is 16.3 Å². The van der Waals surface area contributed by atoms with Crippen LogP contribution in [0.1, 0.15) is 77.4 Å². The number of hydrogen-bond acceptors (Lipinski definition) is 20. The Morgan fingerprint density at radius 3 is 1.69 bits per heavy atom. The van der Waals surface area contributed by atoms with Crippen molar-refractivity contribution in [2.45, 2.75) is 52.2 Å². The van der Waals surface area contributed by atoms with Crippen molar-refractivity contribution >= 4 is 92.8 Å². The lowest BCUT2D eigenvalue weighted by Gasteiger charge is -2.17. The molecule has 0 fully saturated rings. The van der Waals surface area contributed by atoms with Crippen LogP contribution in [0.4, 0.5) is 5.13 Å². The lowest BCUT2D eigenvalue weighted by Crippen LogP contribution is -2.30. The van der Waals surface area contributed by atoms with Gasteiger partial charge in [0.15, 0.2) is 12.2 Å². The summed E-state index contributed by atoms with van der Waals surface area (Å²) in [6.07, 6.45) is 5.73. The Labute approximate surface area is 417 Å². The third-order valence-electron chi connectivity index (χ3n) is 9.47. The minimum Gasteiger partial charge on any atom is -0.462 e. The Hall–Kier alpha value is -8.78. The van der Waals surface area contributed by atoms with Crippen molar-refractivity contribution in [2.75, 3.05) is 31.9 Å². The quantitative estimate of drug-likeness (QED) is 0.0147. The van der Waals surface area contributed by atoms with E-state index < -0.39 is 60.0 Å². The Bertz CT molecular complexity index is 2800. The molecule has 5 aromatic rings. The third kappa shape index (κ3) is 17.9. The fourth-order valence-corrected chi connectivity index (χ4v) is 6.53. The summed E-state index contributed by atoms with van der Waals surface area (Å²) in [4.78, 5) is 103. The van der Waals surface area contributed by atoms with Gasteiger partial charge in [0.1, 0.15) is 37.9 Å². The van der Waals surface area contributed by atoms with E-state index >= 15 is 0 Å². The van der Waals surface area contributed by atoms with Crippen molar-refractivity contribution in [3.63, 3.8) is 0 Å². The summed E-state index contributed by atoms with van der Waals surface area (Å²) in [5, 5.41) is 4.79. The Kier molecular flexibility index (Phi) is 21.1. The number of nitrogens with zero attached hydrogens (tertiary/aromatic N) is 2. The molecule has 374 valence electrons. The lowest BCUT2D eigenvalue weighted by molar-refractivity contribution is -0.165. The number of fused-ring (bicyclic) bond motifs is 1. The highest BCUT2D eigenvalue weighted by molar-refractivity contribution is 7.22. The van der Waals surface area contributed by atoms with Gasteiger partial charge in [-0.05, 0) is 77.9 Å². The van der Waals surface area contributed by atoms with Crippen LogP contribution in [0.3, 0.4) is 0 Å². The van der Waals surface area contributed by atoms with E-state index in [1.807, 2.05) is 24.3 Å². The van der Waals surface area contributed by atoms with Crippen LogP contribution in [-0.4, -0.2) is 97.6 Å². The number of anilines is 1. The minimum absolute atomic E-state index is 0.0663. The van der Waals surface area contributed by atoms with Crippen molar-refractivity contribution in [1.82, 2.24) is 4.98 Å². The molecule has 0 aliphatic heterocycles. The predicted octanol–water partition coefficient (Wildman–Crippen LogP) is 7.62. The summed E-state index contributed by atoms with van der Waals surface area (Å²) in [6.45, 7) is 6.81. The average molecular weight is 1000 g/mol. The normalized spacial score (nSPS) is 11.9. The van der Waals surface area contributed by atoms with Gasteiger partial charge in [0, 0.05) is 43.1 Å². The largest absolute Gasteiger partial charge is 0.462 e. The number of aromatic nitrogens is 1. The Balaban J connectivity index is 1.22. The van der Waals surface area contributed by atoms with Crippen molar-refractivity contribution in [3.8, 4) is 11.5 Å². The lowest BCUT2D eigenvalue weighted by atomic mass is 10.1. The van der Waals surface area contributed by atoms with Crippen LogP contribution < -0.4 is 14.9 Å². The van der Waals surface area contributed by atoms with Crippen LogP contribution in [0.2, 0.25) is 0 Å². The van der Waals surface area contributed by atoms with E-state index in [1.165, 1.54) is 72.2 Å². The van der Waals surface area contributed by atoms with Gasteiger partial charge in [0.05, 0.1) is 27.6 Å². The second-order valence-electron chi connectivity index (χ2n) is 14.8. The topological polar surface area (TPSA) is 248 Å². The molecule has 0 radical (unpaired) electrons. The van der Waals surface area contributed by atoms with Crippen LogP contribution in [0.25, 0.3) is 22.4 Å². The number of benzene rings is 4. The molecule has 19 nitrogen and oxygen atoms in total. The van der Waals surface area contributed by atoms with E-state index in [9.17, 15) is 38.4 Å². The maximum absolute atomic E-state index is 13.4. The highest BCUT2D eigenvalue weighted by atomic mass is 32.1. The molecule has 1 N–H and O–H groups in total. The van der Waals surface area contributed by atoms with Gasteiger partial charge >= 0.3 is 47.8 Å². The van der Waals surface area contributed by atoms with E-state index in [-0.39, 0.29) is 73.9 Å². The van der Waals surface area contributed by atoms with Crippen LogP contribution in [-0.2, 0) is 57.2 Å². The number of esters is 8. The van der Waals surface area contributed by atoms with Gasteiger partial charge in [-0.15, -0.1) is 0 Å². The number of para-hydroxylation sites is 1. The van der Waals surface area contributed by atoms with Crippen LogP contribution in [0, 0.1) is 0 Å². The van der Waals surface area contributed by atoms with E-state index in [2.05, 4.69) is 22.1 Å². The van der Waals surface area contributed by atoms with Gasteiger partial charge in [-0.3, -0.25) is 19.8 Å². The molecule has 1 aromatic heterocycles. The molecule has 0 bridgehead atoms. The fraction of sp³-hybridized carbons (Fsp3) is 0.231. The first-order valence-electron chi connectivity index (χ1n) is 22.2. The van der Waals surface area contributed by atoms with Crippen molar-refractivity contribution < 1.29 is 76.3 Å². The highest BCUT2D eigenvalue weighted by Gasteiger charge is 2.20. The SMILES string of the molecule is C=CC(=O)OC(COC(=O)/C=C/c1ccc(C(=O)Oc2ccc(OC(=O)c3ccc(/C=C/C(=O)OCC(COC(=O)CC)OC(=O)CC)cc3)c(/C=N/Nc3nc4ccccc4s3)c2)cc1)COC(=O)CC. The van der Waals surface area contributed by atoms with Crippen LogP contribution in [0.15, 0.2) is 121 Å². The predicted molar refractivity (Wildman–Crippen MR) is 263 cm³/mol. The van der Waals surface area contributed by atoms with Gasteiger partial charge in [0.2, 0.25) is 5.13 Å². The molecule has 2 unspecified atom stereocenters. The summed E-state index contributed by atoms with van der Waals surface area (Å²) >= 11 is 1.37. The maximum atomic E-state index is 13.4. The molecule has 0 saturated heterocycles. The number of hydrazone groups is 1. The molecule has 0 amide bonds. The summed E-state index contributed by atoms with van der Waals surface area (Å²) in [7, 11) is 0. The van der Waals surface area contributed by atoms with Crippen LogP contribution >= 0.6 is 11.3 Å². The second kappa shape index (κ2) is 28.0. The second-order valence-corrected chi connectivity index (χ2v) is 15.8. The zero-order valence-corrected chi connectivity index (χ0v) is 40.1. The molecule has 20 heteroatoms. The fourth-order valence-electron chi connectivity index (χ4n) is 5.71. The maximum Gasteiger partial charge on any atom is 0.343 e. The molecule has 0 aliphatic carbocycles. The molecule has 0 spiro atoms. The molecule has 5 rings (SSSR count). The number of hydrogen-bond donors (Lipinski definition) is 1. The van der Waals surface area contributed by atoms with Crippen molar-refractivity contribution in [3.05, 3.63) is 144 Å². The van der Waals surface area contributed by atoms with Gasteiger partial charge in [0.25, 0.3) is 0 Å². The molecular formula is C52H49N3O16S. The Morgan fingerprint density at radius 1 is 0.625 bits per heavy atom. The first-order valence-corrected chi connectivity index (χ1v) is 23.0. The van der Waals surface area contributed by atoms with Crippen LogP contribution in [0.5, 0.6) is 11.5 Å². The zero-order chi connectivity index (χ0) is 51.8. The summed E-state index contributed by atoms with van der Waals surface area (Å²) < 4.78 is 43.0. The van der Waals surface area contributed by atoms with E-state index in [0.717, 1.165) is 28.4 Å². The van der Waals surface area contributed by atoms with E-state index in [1.54, 1.807) is 45.0 Å². The molecule has 72 heavy (non-hydrogen) atoms.